The highest BCUT2D eigenvalue weighted by atomic mass is 79.9. The fourth-order valence-corrected chi connectivity index (χ4v) is 3.09. The second-order valence-corrected chi connectivity index (χ2v) is 6.36. The second-order valence-electron chi connectivity index (χ2n) is 4.19. The smallest absolute Gasteiger partial charge is 0.139 e. The highest BCUT2D eigenvalue weighted by Gasteiger charge is 2.21. The minimum absolute atomic E-state index is 0.0510. The minimum Gasteiger partial charge on any atom is -0.466 e. The Balaban J connectivity index is 2.40. The quantitative estimate of drug-likeness (QED) is 0.703. The van der Waals surface area contributed by atoms with Crippen LogP contribution in [0.1, 0.15) is 30.7 Å². The van der Waals surface area contributed by atoms with Crippen molar-refractivity contribution in [2.24, 2.45) is 0 Å². The van der Waals surface area contributed by atoms with E-state index >= 15 is 0 Å². The fraction of sp³-hybridized carbons (Fsp3) is 0.286. The highest BCUT2D eigenvalue weighted by molar-refractivity contribution is 9.10. The van der Waals surface area contributed by atoms with Crippen LogP contribution < -0.4 is 5.32 Å². The molecule has 0 saturated carbocycles. The van der Waals surface area contributed by atoms with Crippen LogP contribution in [-0.2, 0) is 0 Å². The van der Waals surface area contributed by atoms with E-state index in [1.165, 1.54) is 0 Å². The van der Waals surface area contributed by atoms with Crippen LogP contribution in [0.25, 0.3) is 0 Å². The molecule has 1 heterocycles. The van der Waals surface area contributed by atoms with Gasteiger partial charge in [-0.3, -0.25) is 0 Å². The molecule has 1 aromatic carbocycles. The van der Waals surface area contributed by atoms with E-state index in [9.17, 15) is 0 Å². The fourth-order valence-electron chi connectivity index (χ4n) is 1.88. The van der Waals surface area contributed by atoms with E-state index in [-0.39, 0.29) is 6.04 Å². The van der Waals surface area contributed by atoms with Crippen LogP contribution >= 0.6 is 43.5 Å². The van der Waals surface area contributed by atoms with Crippen molar-refractivity contribution >= 4 is 43.5 Å². The van der Waals surface area contributed by atoms with Crippen molar-refractivity contribution in [2.75, 3.05) is 6.54 Å². The maximum absolute atomic E-state index is 6.35. The Morgan fingerprint density at radius 3 is 2.68 bits per heavy atom. The molecule has 2 aromatic rings. The Hall–Kier alpha value is -0.290. The van der Waals surface area contributed by atoms with Gasteiger partial charge in [-0.05, 0) is 52.7 Å². The molecule has 1 unspecified atom stereocenters. The molecule has 0 radical (unpaired) electrons. The third kappa shape index (κ3) is 3.63. The lowest BCUT2D eigenvalue weighted by Crippen LogP contribution is -2.23. The maximum atomic E-state index is 6.35. The van der Waals surface area contributed by atoms with Gasteiger partial charge in [0.2, 0.25) is 0 Å². The van der Waals surface area contributed by atoms with E-state index in [2.05, 4.69) is 44.1 Å². The van der Waals surface area contributed by atoms with E-state index < -0.39 is 0 Å². The lowest BCUT2D eigenvalue weighted by molar-refractivity contribution is 0.444. The first-order chi connectivity index (χ1) is 9.13. The summed E-state index contributed by atoms with van der Waals surface area (Å²) in [5, 5.41) is 4.18. The Morgan fingerprint density at radius 1 is 1.32 bits per heavy atom. The molecule has 102 valence electrons. The van der Waals surface area contributed by atoms with E-state index in [0.717, 1.165) is 33.2 Å². The number of rotatable bonds is 5. The minimum atomic E-state index is -0.0510. The summed E-state index contributed by atoms with van der Waals surface area (Å²) in [4.78, 5) is 0. The van der Waals surface area contributed by atoms with Gasteiger partial charge in [-0.25, -0.2) is 0 Å². The van der Waals surface area contributed by atoms with Crippen LogP contribution in [0.5, 0.6) is 0 Å². The Labute approximate surface area is 134 Å². The van der Waals surface area contributed by atoms with E-state index in [0.29, 0.717) is 5.02 Å². The van der Waals surface area contributed by atoms with Gasteiger partial charge in [-0.1, -0.05) is 40.5 Å². The number of hydrogen-bond donors (Lipinski definition) is 1. The average Bonchev–Trinajstić information content (AvgIpc) is 2.78. The SMILES string of the molecule is CCCNC(c1ccc(Br)cc1Cl)c1occc1Br. The van der Waals surface area contributed by atoms with Gasteiger partial charge in [-0.2, -0.15) is 0 Å². The van der Waals surface area contributed by atoms with Crippen LogP contribution in [0.15, 0.2) is 43.9 Å². The molecule has 0 fully saturated rings. The third-order valence-corrected chi connectivity index (χ3v) is 4.25. The molecular formula is C14H14Br2ClNO. The summed E-state index contributed by atoms with van der Waals surface area (Å²) < 4.78 is 7.49. The predicted octanol–water partition coefficient (Wildman–Crippen LogP) is 5.55. The largest absolute Gasteiger partial charge is 0.466 e. The number of halogens is 3. The van der Waals surface area contributed by atoms with Crippen molar-refractivity contribution in [3.05, 3.63) is 55.8 Å². The second kappa shape index (κ2) is 6.93. The van der Waals surface area contributed by atoms with Crippen LogP contribution in [-0.4, -0.2) is 6.54 Å². The molecule has 1 N–H and O–H groups in total. The topological polar surface area (TPSA) is 25.2 Å². The highest BCUT2D eigenvalue weighted by Crippen LogP contribution is 2.34. The number of nitrogens with one attached hydrogen (secondary N) is 1. The van der Waals surface area contributed by atoms with E-state index in [4.69, 9.17) is 16.0 Å². The molecule has 1 aromatic heterocycles. The molecule has 0 aliphatic rings. The van der Waals surface area contributed by atoms with Crippen molar-refractivity contribution < 1.29 is 4.42 Å². The molecule has 0 bridgehead atoms. The normalized spacial score (nSPS) is 12.6. The van der Waals surface area contributed by atoms with Gasteiger partial charge >= 0.3 is 0 Å². The molecule has 19 heavy (non-hydrogen) atoms. The van der Waals surface area contributed by atoms with Crippen molar-refractivity contribution in [3.8, 4) is 0 Å². The number of benzene rings is 1. The van der Waals surface area contributed by atoms with Gasteiger partial charge in [0.15, 0.2) is 0 Å². The third-order valence-electron chi connectivity index (χ3n) is 2.78. The van der Waals surface area contributed by atoms with Gasteiger partial charge in [-0.15, -0.1) is 0 Å². The first-order valence-electron chi connectivity index (χ1n) is 6.04. The molecular weight excluding hydrogens is 393 g/mol. The van der Waals surface area contributed by atoms with Crippen LogP contribution in [0.2, 0.25) is 5.02 Å². The van der Waals surface area contributed by atoms with Crippen molar-refractivity contribution in [3.63, 3.8) is 0 Å². The van der Waals surface area contributed by atoms with Crippen molar-refractivity contribution in [1.82, 2.24) is 5.32 Å². The molecule has 0 aliphatic carbocycles. The van der Waals surface area contributed by atoms with Gasteiger partial charge in [0, 0.05) is 9.50 Å². The van der Waals surface area contributed by atoms with Crippen molar-refractivity contribution in [1.29, 1.82) is 0 Å². The summed E-state index contributed by atoms with van der Waals surface area (Å²) in [5.74, 6) is 0.845. The number of furan rings is 1. The van der Waals surface area contributed by atoms with Gasteiger partial charge < -0.3 is 9.73 Å². The summed E-state index contributed by atoms with van der Waals surface area (Å²) >= 11 is 13.3. The maximum Gasteiger partial charge on any atom is 0.139 e. The Morgan fingerprint density at radius 2 is 2.11 bits per heavy atom. The molecule has 2 rings (SSSR count). The van der Waals surface area contributed by atoms with Crippen LogP contribution in [0.4, 0.5) is 0 Å². The van der Waals surface area contributed by atoms with Crippen molar-refractivity contribution in [2.45, 2.75) is 19.4 Å². The number of hydrogen-bond acceptors (Lipinski definition) is 2. The Bertz CT molecular complexity index is 556. The summed E-state index contributed by atoms with van der Waals surface area (Å²) in [6, 6.07) is 7.73. The molecule has 5 heteroatoms. The van der Waals surface area contributed by atoms with E-state index in [1.54, 1.807) is 6.26 Å². The summed E-state index contributed by atoms with van der Waals surface area (Å²) in [5.41, 5.74) is 1.01. The van der Waals surface area contributed by atoms with Crippen LogP contribution in [0.3, 0.4) is 0 Å². The molecule has 0 saturated heterocycles. The van der Waals surface area contributed by atoms with Crippen LogP contribution in [0, 0.1) is 0 Å². The molecule has 0 spiro atoms. The predicted molar refractivity (Wildman–Crippen MR) is 85.7 cm³/mol. The average molecular weight is 408 g/mol. The monoisotopic (exact) mass is 405 g/mol. The zero-order valence-electron chi connectivity index (χ0n) is 10.4. The first kappa shape index (κ1) is 15.1. The summed E-state index contributed by atoms with van der Waals surface area (Å²) in [6.45, 7) is 3.02. The van der Waals surface area contributed by atoms with Gasteiger partial charge in [0.05, 0.1) is 16.8 Å². The molecule has 1 atom stereocenters. The Kier molecular flexibility index (Phi) is 5.51. The van der Waals surface area contributed by atoms with Gasteiger partial charge in [0.25, 0.3) is 0 Å². The molecule has 2 nitrogen and oxygen atoms in total. The lowest BCUT2D eigenvalue weighted by Gasteiger charge is -2.19. The zero-order chi connectivity index (χ0) is 13.8. The molecule has 0 aliphatic heterocycles. The summed E-state index contributed by atoms with van der Waals surface area (Å²) in [7, 11) is 0. The first-order valence-corrected chi connectivity index (χ1v) is 8.01. The standard InChI is InChI=1S/C14H14Br2ClNO/c1-2-6-18-13(14-11(16)5-7-19-14)10-4-3-9(15)8-12(10)17/h3-5,7-8,13,18H,2,6H2,1H3. The van der Waals surface area contributed by atoms with Gasteiger partial charge in [0.1, 0.15) is 5.76 Å². The zero-order valence-corrected chi connectivity index (χ0v) is 14.3. The van der Waals surface area contributed by atoms with E-state index in [1.807, 2.05) is 24.3 Å². The molecule has 0 amide bonds. The summed E-state index contributed by atoms with van der Waals surface area (Å²) in [6.07, 6.45) is 2.72. The lowest BCUT2D eigenvalue weighted by atomic mass is 10.0.